The molecule has 1 atom stereocenters. The molecule has 2 heterocycles. The highest BCUT2D eigenvalue weighted by Gasteiger charge is 2.33. The van der Waals surface area contributed by atoms with Crippen LogP contribution in [0.3, 0.4) is 0 Å². The average Bonchev–Trinajstić information content (AvgIpc) is 3.39. The van der Waals surface area contributed by atoms with Gasteiger partial charge in [0.25, 0.3) is 0 Å². The number of carbonyl (C=O) groups excluding carboxylic acids is 1. The van der Waals surface area contributed by atoms with Gasteiger partial charge in [-0.05, 0) is 42.2 Å². The zero-order chi connectivity index (χ0) is 23.9. The molecule has 1 N–H and O–H groups in total. The summed E-state index contributed by atoms with van der Waals surface area (Å²) in [5.74, 6) is -0.896. The van der Waals surface area contributed by atoms with Gasteiger partial charge in [0.15, 0.2) is 5.58 Å². The maximum absolute atomic E-state index is 13.6. The van der Waals surface area contributed by atoms with Crippen molar-refractivity contribution in [1.29, 1.82) is 0 Å². The van der Waals surface area contributed by atoms with Gasteiger partial charge in [0.05, 0.1) is 10.4 Å². The second-order valence-electron chi connectivity index (χ2n) is 8.29. The van der Waals surface area contributed by atoms with E-state index in [1.807, 2.05) is 54.6 Å². The smallest absolute Gasteiger partial charge is 0.408 e. The van der Waals surface area contributed by atoms with Crippen molar-refractivity contribution in [2.45, 2.75) is 23.8 Å². The van der Waals surface area contributed by atoms with Gasteiger partial charge in [0.2, 0.25) is 15.9 Å². The number of aromatic nitrogens is 1. The van der Waals surface area contributed by atoms with Crippen LogP contribution in [0, 0.1) is 0 Å². The normalized spacial score (nSPS) is 14.3. The quantitative estimate of drug-likeness (QED) is 0.460. The van der Waals surface area contributed by atoms with Crippen LogP contribution in [0.25, 0.3) is 11.1 Å². The molecule has 8 nitrogen and oxygen atoms in total. The number of sulfonamides is 1. The Balaban J connectivity index is 1.49. The van der Waals surface area contributed by atoms with E-state index in [0.717, 1.165) is 23.2 Å². The van der Waals surface area contributed by atoms with Gasteiger partial charge >= 0.3 is 5.76 Å². The second-order valence-corrected chi connectivity index (χ2v) is 10.0. The van der Waals surface area contributed by atoms with Crippen molar-refractivity contribution >= 4 is 32.7 Å². The Bertz CT molecular complexity index is 1540. The lowest BCUT2D eigenvalue weighted by molar-refractivity contribution is -0.120. The van der Waals surface area contributed by atoms with E-state index in [1.54, 1.807) is 11.9 Å². The van der Waals surface area contributed by atoms with E-state index in [2.05, 4.69) is 4.72 Å². The molecule has 0 fully saturated rings. The number of anilines is 1. The lowest BCUT2D eigenvalue weighted by Crippen LogP contribution is -2.49. The Morgan fingerprint density at radius 3 is 2.59 bits per heavy atom. The van der Waals surface area contributed by atoms with Gasteiger partial charge in [-0.25, -0.2) is 13.2 Å². The number of hydrogen-bond donors (Lipinski definition) is 1. The molecule has 1 amide bonds. The van der Waals surface area contributed by atoms with Crippen LogP contribution in [0.4, 0.5) is 5.69 Å². The van der Waals surface area contributed by atoms with Crippen molar-refractivity contribution in [3.05, 3.63) is 94.5 Å². The van der Waals surface area contributed by atoms with Gasteiger partial charge in [0, 0.05) is 25.3 Å². The summed E-state index contributed by atoms with van der Waals surface area (Å²) in [5, 5.41) is 0. The predicted molar refractivity (Wildman–Crippen MR) is 128 cm³/mol. The van der Waals surface area contributed by atoms with Crippen LogP contribution in [0.5, 0.6) is 0 Å². The summed E-state index contributed by atoms with van der Waals surface area (Å²) in [6.07, 6.45) is 0.913. The molecular weight excluding hydrogens is 454 g/mol. The zero-order valence-corrected chi connectivity index (χ0v) is 19.3. The Morgan fingerprint density at radius 2 is 1.79 bits per heavy atom. The lowest BCUT2D eigenvalue weighted by atomic mass is 10.1. The van der Waals surface area contributed by atoms with Crippen LogP contribution >= 0.6 is 0 Å². The first-order valence-electron chi connectivity index (χ1n) is 10.9. The molecule has 0 saturated carbocycles. The third-order valence-electron chi connectivity index (χ3n) is 6.11. The van der Waals surface area contributed by atoms with E-state index >= 15 is 0 Å². The monoisotopic (exact) mass is 477 g/mol. The molecule has 0 spiro atoms. The van der Waals surface area contributed by atoms with Gasteiger partial charge in [-0.3, -0.25) is 9.36 Å². The van der Waals surface area contributed by atoms with Crippen molar-refractivity contribution in [3.8, 4) is 0 Å². The van der Waals surface area contributed by atoms with E-state index in [9.17, 15) is 18.0 Å². The molecule has 174 valence electrons. The number of fused-ring (bicyclic) bond motifs is 2. The maximum atomic E-state index is 13.6. The number of nitrogens with one attached hydrogen (secondary N) is 1. The molecule has 1 unspecified atom stereocenters. The predicted octanol–water partition coefficient (Wildman–Crippen LogP) is 2.61. The summed E-state index contributed by atoms with van der Waals surface area (Å²) in [5.41, 5.74) is 3.34. The third-order valence-corrected chi connectivity index (χ3v) is 7.57. The van der Waals surface area contributed by atoms with Crippen molar-refractivity contribution < 1.29 is 17.6 Å². The van der Waals surface area contributed by atoms with Crippen molar-refractivity contribution in [1.82, 2.24) is 9.29 Å². The van der Waals surface area contributed by atoms with E-state index < -0.39 is 21.8 Å². The molecule has 3 aromatic carbocycles. The average molecular weight is 478 g/mol. The minimum absolute atomic E-state index is 0.0815. The van der Waals surface area contributed by atoms with Gasteiger partial charge in [-0.15, -0.1) is 0 Å². The van der Waals surface area contributed by atoms with E-state index in [-0.39, 0.29) is 22.8 Å². The summed E-state index contributed by atoms with van der Waals surface area (Å²) in [6.45, 7) is 0.492. The van der Waals surface area contributed by atoms with Gasteiger partial charge in [-0.2, -0.15) is 4.72 Å². The fourth-order valence-corrected chi connectivity index (χ4v) is 5.53. The molecule has 0 aliphatic carbocycles. The number of aryl methyl sites for hydroxylation is 1. The number of benzene rings is 3. The molecule has 1 aliphatic heterocycles. The summed E-state index contributed by atoms with van der Waals surface area (Å²) >= 11 is 0. The minimum atomic E-state index is -4.10. The highest BCUT2D eigenvalue weighted by Crippen LogP contribution is 2.28. The molecule has 0 saturated heterocycles. The maximum Gasteiger partial charge on any atom is 0.419 e. The second kappa shape index (κ2) is 8.58. The van der Waals surface area contributed by atoms with Crippen molar-refractivity contribution in [3.63, 3.8) is 0 Å². The largest absolute Gasteiger partial charge is 0.419 e. The SMILES string of the molecule is Cn1c(=O)oc2cc(S(=O)(=O)NC(Cc3ccccc3)C(=O)N3CCc4ccccc43)ccc21. The topological polar surface area (TPSA) is 102 Å². The molecular formula is C25H23N3O5S. The molecule has 4 aromatic rings. The Hall–Kier alpha value is -3.69. The number of para-hydroxylation sites is 1. The molecule has 9 heteroatoms. The number of nitrogens with zero attached hydrogens (tertiary/aromatic N) is 2. The van der Waals surface area contributed by atoms with E-state index in [0.29, 0.717) is 12.1 Å². The van der Waals surface area contributed by atoms with Gasteiger partial charge in [0.1, 0.15) is 6.04 Å². The summed E-state index contributed by atoms with van der Waals surface area (Å²) in [4.78, 5) is 27.0. The Labute approximate surface area is 196 Å². The molecule has 0 radical (unpaired) electrons. The number of rotatable bonds is 6. The van der Waals surface area contributed by atoms with Crippen LogP contribution in [0.15, 0.2) is 86.9 Å². The number of carbonyl (C=O) groups is 1. The van der Waals surface area contributed by atoms with E-state index in [1.165, 1.54) is 22.8 Å². The van der Waals surface area contributed by atoms with Crippen LogP contribution in [-0.4, -0.2) is 31.5 Å². The highest BCUT2D eigenvalue weighted by atomic mass is 32.2. The van der Waals surface area contributed by atoms with Crippen LogP contribution in [0.1, 0.15) is 11.1 Å². The van der Waals surface area contributed by atoms with Gasteiger partial charge < -0.3 is 9.32 Å². The fourth-order valence-electron chi connectivity index (χ4n) is 4.32. The first-order chi connectivity index (χ1) is 16.3. The van der Waals surface area contributed by atoms with Crippen molar-refractivity contribution in [2.75, 3.05) is 11.4 Å². The highest BCUT2D eigenvalue weighted by molar-refractivity contribution is 7.89. The molecule has 34 heavy (non-hydrogen) atoms. The summed E-state index contributed by atoms with van der Waals surface area (Å²) in [7, 11) is -2.55. The standard InChI is InChI=1S/C25H23N3O5S/c1-27-22-12-11-19(16-23(22)33-25(27)30)34(31,32)26-20(15-17-7-3-2-4-8-17)24(29)28-14-13-18-9-5-6-10-21(18)28/h2-12,16,20,26H,13-15H2,1H3. The first-order valence-corrected chi connectivity index (χ1v) is 12.4. The van der Waals surface area contributed by atoms with Crippen LogP contribution in [0.2, 0.25) is 0 Å². The number of amides is 1. The molecule has 0 bridgehead atoms. The van der Waals surface area contributed by atoms with E-state index in [4.69, 9.17) is 4.42 Å². The number of oxazole rings is 1. The van der Waals surface area contributed by atoms with Crippen LogP contribution in [-0.2, 0) is 34.7 Å². The fraction of sp³-hybridized carbons (Fsp3) is 0.200. The van der Waals surface area contributed by atoms with Crippen LogP contribution < -0.4 is 15.4 Å². The number of hydrogen-bond acceptors (Lipinski definition) is 5. The van der Waals surface area contributed by atoms with Crippen molar-refractivity contribution in [2.24, 2.45) is 7.05 Å². The lowest BCUT2D eigenvalue weighted by Gasteiger charge is -2.25. The van der Waals surface area contributed by atoms with Gasteiger partial charge in [-0.1, -0.05) is 48.5 Å². The third kappa shape index (κ3) is 4.04. The molecule has 5 rings (SSSR count). The summed E-state index contributed by atoms with van der Waals surface area (Å²) < 4.78 is 35.7. The summed E-state index contributed by atoms with van der Waals surface area (Å²) in [6, 6.07) is 20.1. The Kier molecular flexibility index (Phi) is 5.59. The molecule has 1 aliphatic rings. The minimum Gasteiger partial charge on any atom is -0.408 e. The Morgan fingerprint density at radius 1 is 1.06 bits per heavy atom. The molecule has 1 aromatic heterocycles. The first kappa shape index (κ1) is 22.1. The zero-order valence-electron chi connectivity index (χ0n) is 18.5.